The van der Waals surface area contributed by atoms with Crippen LogP contribution in [0.3, 0.4) is 0 Å². The van der Waals surface area contributed by atoms with Crippen molar-refractivity contribution in [3.05, 3.63) is 0 Å². The minimum Gasteiger partial charge on any atom is -0.616 e. The highest BCUT2D eigenvalue weighted by molar-refractivity contribution is 7.91. The van der Waals surface area contributed by atoms with Crippen LogP contribution in [0.15, 0.2) is 0 Å². The molecule has 0 aromatic carbocycles. The van der Waals surface area contributed by atoms with E-state index in [4.69, 9.17) is 11.8 Å². The van der Waals surface area contributed by atoms with Gasteiger partial charge in [0.25, 0.3) is 0 Å². The molecule has 1 heterocycles. The van der Waals surface area contributed by atoms with E-state index < -0.39 is 11.2 Å². The second-order valence-electron chi connectivity index (χ2n) is 1.76. The van der Waals surface area contributed by atoms with Gasteiger partial charge in [0.15, 0.2) is 0 Å². The van der Waals surface area contributed by atoms with E-state index in [0.717, 1.165) is 24.6 Å². The molecule has 0 saturated carbocycles. The van der Waals surface area contributed by atoms with Crippen molar-refractivity contribution in [1.82, 2.24) is 4.42 Å². The fourth-order valence-electron chi connectivity index (χ4n) is 0.616. The largest absolute Gasteiger partial charge is 0.616 e. The van der Waals surface area contributed by atoms with Gasteiger partial charge >= 0.3 is 0 Å². The van der Waals surface area contributed by atoms with Crippen LogP contribution in [-0.2, 0) is 11.2 Å². The molecule has 0 aromatic heterocycles. The summed E-state index contributed by atoms with van der Waals surface area (Å²) in [5, 5.41) is 0. The first kappa shape index (κ1) is 6.68. The van der Waals surface area contributed by atoms with Crippen molar-refractivity contribution in [2.24, 2.45) is 0 Å². The lowest BCUT2D eigenvalue weighted by molar-refractivity contribution is 0.476. The zero-order chi connectivity index (χ0) is 5.98. The van der Waals surface area contributed by atoms with Crippen LogP contribution in [0.2, 0.25) is 0 Å². The predicted molar refractivity (Wildman–Crippen MR) is 35.3 cm³/mol. The summed E-state index contributed by atoms with van der Waals surface area (Å²) in [7, 11) is 0. The standard InChI is InChI=1S/C4H8ClNOS/c5-6-1-3-8(7)4-2-6/h1-4H2. The molecule has 0 spiro atoms. The van der Waals surface area contributed by atoms with Crippen LogP contribution in [-0.4, -0.2) is 33.6 Å². The van der Waals surface area contributed by atoms with Crippen LogP contribution in [0.5, 0.6) is 0 Å². The van der Waals surface area contributed by atoms with Crippen LogP contribution in [0.25, 0.3) is 0 Å². The molecule has 1 aliphatic rings. The van der Waals surface area contributed by atoms with Crippen molar-refractivity contribution in [3.8, 4) is 0 Å². The summed E-state index contributed by atoms with van der Waals surface area (Å²) in [6.45, 7) is 1.54. The molecule has 48 valence electrons. The fourth-order valence-corrected chi connectivity index (χ4v) is 2.04. The van der Waals surface area contributed by atoms with E-state index in [1.54, 1.807) is 4.42 Å². The van der Waals surface area contributed by atoms with Crippen molar-refractivity contribution < 1.29 is 4.55 Å². The summed E-state index contributed by atoms with van der Waals surface area (Å²) in [6, 6.07) is 0. The maximum Gasteiger partial charge on any atom is 0.119 e. The third-order valence-corrected chi connectivity index (χ3v) is 2.74. The molecular weight excluding hydrogens is 146 g/mol. The summed E-state index contributed by atoms with van der Waals surface area (Å²) < 4.78 is 12.3. The Kier molecular flexibility index (Phi) is 2.43. The second-order valence-corrected chi connectivity index (χ2v) is 3.93. The average Bonchev–Trinajstić information content (AvgIpc) is 1.77. The number of halogens is 1. The lowest BCUT2D eigenvalue weighted by atomic mass is 10.6. The van der Waals surface area contributed by atoms with E-state index in [-0.39, 0.29) is 0 Å². The lowest BCUT2D eigenvalue weighted by Gasteiger charge is -2.21. The molecule has 1 rings (SSSR count). The van der Waals surface area contributed by atoms with E-state index in [1.165, 1.54) is 0 Å². The summed E-state index contributed by atoms with van der Waals surface area (Å²) in [6.07, 6.45) is 0. The van der Waals surface area contributed by atoms with Gasteiger partial charge in [-0.3, -0.25) is 0 Å². The third-order valence-electron chi connectivity index (χ3n) is 1.12. The van der Waals surface area contributed by atoms with Crippen LogP contribution in [0.1, 0.15) is 0 Å². The topological polar surface area (TPSA) is 26.3 Å². The first-order chi connectivity index (χ1) is 3.79. The Morgan fingerprint density at radius 2 is 1.88 bits per heavy atom. The number of hydrogen-bond acceptors (Lipinski definition) is 2. The van der Waals surface area contributed by atoms with Crippen molar-refractivity contribution in [1.29, 1.82) is 0 Å². The Balaban J connectivity index is 2.19. The highest BCUT2D eigenvalue weighted by atomic mass is 35.5. The van der Waals surface area contributed by atoms with E-state index in [0.29, 0.717) is 0 Å². The van der Waals surface area contributed by atoms with Crippen molar-refractivity contribution >= 4 is 23.0 Å². The SMILES string of the molecule is [O-][S+]1CCN(Cl)CC1. The van der Waals surface area contributed by atoms with Crippen LogP contribution < -0.4 is 0 Å². The van der Waals surface area contributed by atoms with Crippen LogP contribution in [0.4, 0.5) is 0 Å². The molecule has 0 atom stereocenters. The Labute approximate surface area is 57.1 Å². The molecule has 0 aliphatic carbocycles. The lowest BCUT2D eigenvalue weighted by Crippen LogP contribution is -2.34. The molecule has 1 saturated heterocycles. The Hall–Kier alpha value is 0.560. The van der Waals surface area contributed by atoms with E-state index in [1.807, 2.05) is 0 Å². The molecule has 0 radical (unpaired) electrons. The fraction of sp³-hybridized carbons (Fsp3) is 1.00. The summed E-state index contributed by atoms with van der Waals surface area (Å²) >= 11 is 4.99. The molecule has 1 aliphatic heterocycles. The van der Waals surface area contributed by atoms with Gasteiger partial charge < -0.3 is 4.55 Å². The van der Waals surface area contributed by atoms with Crippen molar-refractivity contribution in [3.63, 3.8) is 0 Å². The summed E-state index contributed by atoms with van der Waals surface area (Å²) in [4.78, 5) is 0. The first-order valence-electron chi connectivity index (χ1n) is 2.55. The highest BCUT2D eigenvalue weighted by Gasteiger charge is 2.16. The van der Waals surface area contributed by atoms with Gasteiger partial charge in [-0.15, -0.1) is 0 Å². The number of hydrogen-bond donors (Lipinski definition) is 0. The molecule has 8 heavy (non-hydrogen) atoms. The summed E-state index contributed by atoms with van der Waals surface area (Å²) in [5.74, 6) is 1.48. The maximum atomic E-state index is 10.6. The third kappa shape index (κ3) is 1.82. The van der Waals surface area contributed by atoms with E-state index in [9.17, 15) is 4.55 Å². The molecule has 0 unspecified atom stereocenters. The van der Waals surface area contributed by atoms with Gasteiger partial charge in [0.2, 0.25) is 0 Å². The Morgan fingerprint density at radius 3 is 2.25 bits per heavy atom. The van der Waals surface area contributed by atoms with Gasteiger partial charge in [0.1, 0.15) is 11.5 Å². The maximum absolute atomic E-state index is 10.6. The molecular formula is C4H8ClNOS. The Bertz CT molecular complexity index is 64.4. The normalized spacial score (nSPS) is 26.2. The second kappa shape index (κ2) is 2.92. The predicted octanol–water partition coefficient (Wildman–Crippen LogP) is 0.205. The molecule has 4 heteroatoms. The minimum absolute atomic E-state index is 0.587. The zero-order valence-electron chi connectivity index (χ0n) is 4.47. The molecule has 0 amide bonds. The van der Waals surface area contributed by atoms with E-state index in [2.05, 4.69) is 0 Å². The smallest absolute Gasteiger partial charge is 0.119 e. The quantitative estimate of drug-likeness (QED) is 0.367. The van der Waals surface area contributed by atoms with Crippen molar-refractivity contribution in [2.75, 3.05) is 24.6 Å². The van der Waals surface area contributed by atoms with Crippen LogP contribution in [0, 0.1) is 0 Å². The summed E-state index contributed by atoms with van der Waals surface area (Å²) in [5.41, 5.74) is 0. The van der Waals surface area contributed by atoms with Gasteiger partial charge in [-0.05, 0) is 11.8 Å². The molecule has 2 nitrogen and oxygen atoms in total. The highest BCUT2D eigenvalue weighted by Crippen LogP contribution is 2.04. The number of nitrogens with zero attached hydrogens (tertiary/aromatic N) is 1. The Morgan fingerprint density at radius 1 is 1.38 bits per heavy atom. The molecule has 0 N–H and O–H groups in total. The van der Waals surface area contributed by atoms with Gasteiger partial charge in [-0.25, -0.2) is 4.42 Å². The molecule has 1 fully saturated rings. The molecule has 0 bridgehead atoms. The van der Waals surface area contributed by atoms with Crippen molar-refractivity contribution in [2.45, 2.75) is 0 Å². The van der Waals surface area contributed by atoms with E-state index >= 15 is 0 Å². The van der Waals surface area contributed by atoms with Gasteiger partial charge in [0, 0.05) is 0 Å². The zero-order valence-corrected chi connectivity index (χ0v) is 6.04. The number of rotatable bonds is 0. The van der Waals surface area contributed by atoms with Gasteiger partial charge in [0.05, 0.1) is 13.1 Å². The van der Waals surface area contributed by atoms with Gasteiger partial charge in [-0.1, -0.05) is 11.2 Å². The molecule has 0 aromatic rings. The minimum atomic E-state index is -0.587. The van der Waals surface area contributed by atoms with Gasteiger partial charge in [-0.2, -0.15) is 0 Å². The monoisotopic (exact) mass is 153 g/mol. The average molecular weight is 154 g/mol. The van der Waals surface area contributed by atoms with Crippen LogP contribution >= 0.6 is 11.8 Å². The first-order valence-corrected chi connectivity index (χ1v) is 4.37.